The lowest BCUT2D eigenvalue weighted by Gasteiger charge is -2.09. The van der Waals surface area contributed by atoms with Crippen molar-refractivity contribution < 1.29 is 9.13 Å². The first-order valence-electron chi connectivity index (χ1n) is 3.82. The molecular weight excluding hydrogens is 411 g/mol. The number of nitrogens with zero attached hydrogens (tertiary/aromatic N) is 1. The molecular formula is C9H6FI2NO. The minimum absolute atomic E-state index is 0.0110. The molecule has 0 saturated carbocycles. The summed E-state index contributed by atoms with van der Waals surface area (Å²) in [7, 11) is 0. The molecule has 0 aliphatic heterocycles. The molecule has 74 valence electrons. The van der Waals surface area contributed by atoms with Gasteiger partial charge < -0.3 is 4.74 Å². The van der Waals surface area contributed by atoms with Crippen molar-refractivity contribution in [1.82, 2.24) is 0 Å². The molecule has 0 saturated heterocycles. The maximum atomic E-state index is 13.5. The summed E-state index contributed by atoms with van der Waals surface area (Å²) < 4.78 is 19.9. The molecule has 0 radical (unpaired) electrons. The summed E-state index contributed by atoms with van der Waals surface area (Å²) in [6.07, 6.45) is 0. The Kier molecular flexibility index (Phi) is 4.37. The number of halogens is 3. The van der Waals surface area contributed by atoms with Gasteiger partial charge >= 0.3 is 0 Å². The average Bonchev–Trinajstić information content (AvgIpc) is 2.15. The molecule has 0 spiro atoms. The molecule has 5 heteroatoms. The van der Waals surface area contributed by atoms with Crippen LogP contribution in [0.2, 0.25) is 0 Å². The molecule has 0 N–H and O–H groups in total. The van der Waals surface area contributed by atoms with Crippen molar-refractivity contribution in [3.63, 3.8) is 0 Å². The number of rotatable bonds is 2. The second-order valence-corrected chi connectivity index (χ2v) is 4.73. The van der Waals surface area contributed by atoms with Crippen LogP contribution in [0.25, 0.3) is 0 Å². The van der Waals surface area contributed by atoms with E-state index in [0.29, 0.717) is 15.9 Å². The summed E-state index contributed by atoms with van der Waals surface area (Å²) in [6, 6.07) is 3.48. The summed E-state index contributed by atoms with van der Waals surface area (Å²) >= 11 is 3.88. The van der Waals surface area contributed by atoms with Gasteiger partial charge in [0.15, 0.2) is 11.6 Å². The standard InChI is InChI=1S/C9H6FI2NO/c1-2-14-9-5(4-13)8(10)6(11)3-7(9)12/h3H,2H2,1H3. The predicted octanol–water partition coefficient (Wildman–Crippen LogP) is 3.31. The van der Waals surface area contributed by atoms with Crippen LogP contribution in [0.3, 0.4) is 0 Å². The van der Waals surface area contributed by atoms with Gasteiger partial charge in [-0.15, -0.1) is 0 Å². The lowest BCUT2D eigenvalue weighted by Crippen LogP contribution is -2.01. The Bertz CT molecular complexity index is 401. The molecule has 0 aliphatic rings. The largest absolute Gasteiger partial charge is 0.491 e. The first kappa shape index (κ1) is 12.0. The normalized spacial score (nSPS) is 9.64. The van der Waals surface area contributed by atoms with Crippen LogP contribution < -0.4 is 4.74 Å². The fourth-order valence-corrected chi connectivity index (χ4v) is 2.88. The highest BCUT2D eigenvalue weighted by Gasteiger charge is 2.16. The minimum atomic E-state index is -0.503. The van der Waals surface area contributed by atoms with Crippen molar-refractivity contribution in [2.75, 3.05) is 6.61 Å². The second kappa shape index (κ2) is 5.11. The summed E-state index contributed by atoms with van der Waals surface area (Å²) in [5, 5.41) is 8.80. The summed E-state index contributed by atoms with van der Waals surface area (Å²) in [6.45, 7) is 2.22. The fraction of sp³-hybridized carbons (Fsp3) is 0.222. The van der Waals surface area contributed by atoms with E-state index in [0.717, 1.165) is 3.57 Å². The van der Waals surface area contributed by atoms with Crippen LogP contribution in [0.1, 0.15) is 12.5 Å². The van der Waals surface area contributed by atoms with Crippen LogP contribution >= 0.6 is 45.2 Å². The molecule has 1 aromatic rings. The smallest absolute Gasteiger partial charge is 0.158 e. The fourth-order valence-electron chi connectivity index (χ4n) is 0.964. The van der Waals surface area contributed by atoms with Crippen molar-refractivity contribution in [2.45, 2.75) is 6.92 Å². The molecule has 1 rings (SSSR count). The molecule has 1 aromatic carbocycles. The van der Waals surface area contributed by atoms with E-state index in [1.807, 2.05) is 51.3 Å². The van der Waals surface area contributed by atoms with Gasteiger partial charge in [-0.25, -0.2) is 4.39 Å². The van der Waals surface area contributed by atoms with Gasteiger partial charge in [0.05, 0.1) is 13.7 Å². The van der Waals surface area contributed by atoms with E-state index in [-0.39, 0.29) is 5.56 Å². The Morgan fingerprint density at radius 1 is 1.50 bits per heavy atom. The lowest BCUT2D eigenvalue weighted by molar-refractivity contribution is 0.334. The number of nitriles is 1. The van der Waals surface area contributed by atoms with Crippen LogP contribution in [0.4, 0.5) is 4.39 Å². The molecule has 0 fully saturated rings. The highest BCUT2D eigenvalue weighted by Crippen LogP contribution is 2.30. The van der Waals surface area contributed by atoms with Crippen LogP contribution in [-0.4, -0.2) is 6.61 Å². The van der Waals surface area contributed by atoms with Gasteiger partial charge in [-0.2, -0.15) is 5.26 Å². The minimum Gasteiger partial charge on any atom is -0.491 e. The zero-order chi connectivity index (χ0) is 10.7. The number of ether oxygens (including phenoxy) is 1. The Morgan fingerprint density at radius 3 is 2.64 bits per heavy atom. The zero-order valence-corrected chi connectivity index (χ0v) is 11.6. The van der Waals surface area contributed by atoms with Gasteiger partial charge in [0.2, 0.25) is 0 Å². The number of hydrogen-bond acceptors (Lipinski definition) is 2. The topological polar surface area (TPSA) is 33.0 Å². The number of hydrogen-bond donors (Lipinski definition) is 0. The van der Waals surface area contributed by atoms with Crippen molar-refractivity contribution in [1.29, 1.82) is 5.26 Å². The highest BCUT2D eigenvalue weighted by molar-refractivity contribution is 14.1. The van der Waals surface area contributed by atoms with E-state index in [1.165, 1.54) is 0 Å². The quantitative estimate of drug-likeness (QED) is 0.547. The van der Waals surface area contributed by atoms with Gasteiger partial charge in [-0.05, 0) is 58.2 Å². The van der Waals surface area contributed by atoms with E-state index in [4.69, 9.17) is 10.00 Å². The van der Waals surface area contributed by atoms with Crippen molar-refractivity contribution in [3.05, 3.63) is 24.6 Å². The maximum absolute atomic E-state index is 13.5. The first-order valence-corrected chi connectivity index (χ1v) is 5.98. The van der Waals surface area contributed by atoms with Gasteiger partial charge in [-0.3, -0.25) is 0 Å². The predicted molar refractivity (Wildman–Crippen MR) is 67.7 cm³/mol. The van der Waals surface area contributed by atoms with Crippen molar-refractivity contribution >= 4 is 45.2 Å². The highest BCUT2D eigenvalue weighted by atomic mass is 127. The van der Waals surface area contributed by atoms with Crippen LogP contribution in [0.15, 0.2) is 6.07 Å². The molecule has 2 nitrogen and oxygen atoms in total. The Morgan fingerprint density at radius 2 is 2.14 bits per heavy atom. The van der Waals surface area contributed by atoms with E-state index >= 15 is 0 Å². The zero-order valence-electron chi connectivity index (χ0n) is 7.27. The van der Waals surface area contributed by atoms with Crippen LogP contribution in [-0.2, 0) is 0 Å². The SMILES string of the molecule is CCOc1c(I)cc(I)c(F)c1C#N. The molecule has 0 aliphatic carbocycles. The molecule has 0 unspecified atom stereocenters. The van der Waals surface area contributed by atoms with Crippen LogP contribution in [0.5, 0.6) is 5.75 Å². The second-order valence-electron chi connectivity index (χ2n) is 2.40. The number of benzene rings is 1. The maximum Gasteiger partial charge on any atom is 0.158 e. The van der Waals surface area contributed by atoms with Crippen molar-refractivity contribution in [3.8, 4) is 11.8 Å². The van der Waals surface area contributed by atoms with E-state index in [1.54, 1.807) is 13.0 Å². The van der Waals surface area contributed by atoms with E-state index < -0.39 is 5.82 Å². The first-order chi connectivity index (χ1) is 6.61. The van der Waals surface area contributed by atoms with Crippen LogP contribution in [0, 0.1) is 24.3 Å². The third-order valence-electron chi connectivity index (χ3n) is 1.53. The van der Waals surface area contributed by atoms with Gasteiger partial charge in [0, 0.05) is 0 Å². The molecule has 0 atom stereocenters. The molecule has 14 heavy (non-hydrogen) atoms. The summed E-state index contributed by atoms with van der Waals surface area (Å²) in [5.41, 5.74) is -0.0110. The summed E-state index contributed by atoms with van der Waals surface area (Å²) in [4.78, 5) is 0. The lowest BCUT2D eigenvalue weighted by atomic mass is 10.2. The van der Waals surface area contributed by atoms with E-state index in [9.17, 15) is 4.39 Å². The van der Waals surface area contributed by atoms with Gasteiger partial charge in [0.25, 0.3) is 0 Å². The average molecular weight is 417 g/mol. The van der Waals surface area contributed by atoms with E-state index in [2.05, 4.69) is 0 Å². The Labute approximate surface area is 109 Å². The Balaban J connectivity index is 3.41. The summed E-state index contributed by atoms with van der Waals surface area (Å²) in [5.74, 6) is -0.162. The van der Waals surface area contributed by atoms with Gasteiger partial charge in [-0.1, -0.05) is 0 Å². The monoisotopic (exact) mass is 417 g/mol. The molecule has 0 heterocycles. The van der Waals surface area contributed by atoms with Crippen molar-refractivity contribution in [2.24, 2.45) is 0 Å². The molecule has 0 amide bonds. The third-order valence-corrected chi connectivity index (χ3v) is 3.11. The van der Waals surface area contributed by atoms with Gasteiger partial charge in [0.1, 0.15) is 11.6 Å². The molecule has 0 bridgehead atoms. The Hall–Kier alpha value is -0.1000. The molecule has 0 aromatic heterocycles. The third kappa shape index (κ3) is 2.28.